The Kier molecular flexibility index (Phi) is 9.11. The van der Waals surface area contributed by atoms with Crippen LogP contribution in [0.15, 0.2) is 119 Å². The third kappa shape index (κ3) is 7.68. The van der Waals surface area contributed by atoms with Gasteiger partial charge in [-0.1, -0.05) is 52.3 Å². The minimum atomic E-state index is -0.538. The lowest BCUT2D eigenvalue weighted by Crippen LogP contribution is -2.30. The molecule has 4 aromatic rings. The van der Waals surface area contributed by atoms with E-state index in [1.807, 2.05) is 12.1 Å². The van der Waals surface area contributed by atoms with E-state index in [0.717, 1.165) is 4.47 Å². The van der Waals surface area contributed by atoms with Gasteiger partial charge in [-0.2, -0.15) is 0 Å². The molecule has 0 spiro atoms. The van der Waals surface area contributed by atoms with E-state index in [0.29, 0.717) is 27.9 Å². The Bertz CT molecular complexity index is 1600. The van der Waals surface area contributed by atoms with Crippen LogP contribution in [0, 0.1) is 10.1 Å². The van der Waals surface area contributed by atoms with Crippen molar-refractivity contribution < 1.29 is 19.3 Å². The normalized spacial score (nSPS) is 11.2. The first-order valence-electron chi connectivity index (χ1n) is 12.0. The number of benzene rings is 4. The van der Waals surface area contributed by atoms with E-state index in [9.17, 15) is 24.5 Å². The van der Waals surface area contributed by atoms with Crippen LogP contribution in [0.4, 0.5) is 11.4 Å². The molecular weight excluding hydrogens is 574 g/mol. The zero-order valence-corrected chi connectivity index (χ0v) is 22.5. The summed E-state index contributed by atoms with van der Waals surface area (Å²) in [7, 11) is 0. The van der Waals surface area contributed by atoms with E-state index >= 15 is 0 Å². The number of amides is 2. The smallest absolute Gasteiger partial charge is 0.272 e. The molecular formula is C31H22BrN3O5. The fourth-order valence-electron chi connectivity index (χ4n) is 3.56. The highest BCUT2D eigenvalue weighted by Crippen LogP contribution is 2.17. The predicted molar refractivity (Wildman–Crippen MR) is 158 cm³/mol. The van der Waals surface area contributed by atoms with Gasteiger partial charge in [0.2, 0.25) is 0 Å². The first kappa shape index (κ1) is 27.9. The Morgan fingerprint density at radius 2 is 1.38 bits per heavy atom. The van der Waals surface area contributed by atoms with E-state index in [-0.39, 0.29) is 17.2 Å². The number of nitro benzene ring substituents is 1. The molecule has 2 amide bonds. The number of hydrogen-bond donors (Lipinski definition) is 2. The van der Waals surface area contributed by atoms with Gasteiger partial charge in [0.25, 0.3) is 17.5 Å². The maximum Gasteiger partial charge on any atom is 0.272 e. The van der Waals surface area contributed by atoms with Gasteiger partial charge in [-0.05, 0) is 83.9 Å². The highest BCUT2D eigenvalue weighted by atomic mass is 79.9. The van der Waals surface area contributed by atoms with Crippen LogP contribution >= 0.6 is 15.9 Å². The first-order chi connectivity index (χ1) is 19.3. The molecule has 0 aliphatic rings. The van der Waals surface area contributed by atoms with Crippen molar-refractivity contribution in [2.75, 3.05) is 5.32 Å². The van der Waals surface area contributed by atoms with Crippen molar-refractivity contribution in [2.45, 2.75) is 0 Å². The second kappa shape index (κ2) is 13.1. The van der Waals surface area contributed by atoms with Crippen LogP contribution in [0.3, 0.4) is 0 Å². The second-order valence-corrected chi connectivity index (χ2v) is 9.42. The highest BCUT2D eigenvalue weighted by Gasteiger charge is 2.15. The van der Waals surface area contributed by atoms with Crippen LogP contribution < -0.4 is 10.6 Å². The number of non-ortho nitro benzene ring substituents is 1. The molecule has 0 saturated heterocycles. The van der Waals surface area contributed by atoms with E-state index in [2.05, 4.69) is 26.6 Å². The van der Waals surface area contributed by atoms with Crippen molar-refractivity contribution >= 4 is 57.1 Å². The maximum absolute atomic E-state index is 13.2. The van der Waals surface area contributed by atoms with Crippen molar-refractivity contribution in [1.82, 2.24) is 5.32 Å². The number of halogens is 1. The Balaban J connectivity index is 1.46. The molecule has 8 nitrogen and oxygen atoms in total. The molecule has 4 rings (SSSR count). The number of allylic oxidation sites excluding steroid dienone is 1. The number of nitro groups is 1. The van der Waals surface area contributed by atoms with Crippen LogP contribution in [0.2, 0.25) is 0 Å². The monoisotopic (exact) mass is 595 g/mol. The largest absolute Gasteiger partial charge is 0.321 e. The molecule has 2 N–H and O–H groups in total. The lowest BCUT2D eigenvalue weighted by molar-refractivity contribution is -0.384. The standard InChI is InChI=1S/C31H22BrN3O5/c32-25-13-6-22(7-14-25)20-28(34-30(37)24-4-2-1-3-5-24)31(38)33-26-15-11-23(12-16-26)29(36)19-10-21-8-17-27(18-9-21)35(39)40/h1-20H,(H,33,38)(H,34,37)/b19-10+,28-20-. The fraction of sp³-hybridized carbons (Fsp3) is 0. The average molecular weight is 596 g/mol. The number of ketones is 1. The molecule has 0 aliphatic heterocycles. The molecule has 0 bridgehead atoms. The highest BCUT2D eigenvalue weighted by molar-refractivity contribution is 9.10. The molecule has 40 heavy (non-hydrogen) atoms. The summed E-state index contributed by atoms with van der Waals surface area (Å²) in [6.45, 7) is 0. The van der Waals surface area contributed by atoms with Crippen molar-refractivity contribution in [2.24, 2.45) is 0 Å². The third-order valence-corrected chi connectivity index (χ3v) is 6.20. The van der Waals surface area contributed by atoms with Gasteiger partial charge in [-0.3, -0.25) is 24.5 Å². The molecule has 0 atom stereocenters. The van der Waals surface area contributed by atoms with Gasteiger partial charge in [0.05, 0.1) is 4.92 Å². The second-order valence-electron chi connectivity index (χ2n) is 8.51. The van der Waals surface area contributed by atoms with Gasteiger partial charge in [0.15, 0.2) is 5.78 Å². The van der Waals surface area contributed by atoms with Crippen LogP contribution in [0.5, 0.6) is 0 Å². The van der Waals surface area contributed by atoms with Crippen molar-refractivity contribution in [1.29, 1.82) is 0 Å². The van der Waals surface area contributed by atoms with Gasteiger partial charge in [-0.25, -0.2) is 0 Å². The molecule has 0 aliphatic carbocycles. The topological polar surface area (TPSA) is 118 Å². The fourth-order valence-corrected chi connectivity index (χ4v) is 3.82. The van der Waals surface area contributed by atoms with E-state index in [1.54, 1.807) is 91.0 Å². The van der Waals surface area contributed by atoms with Gasteiger partial charge >= 0.3 is 0 Å². The van der Waals surface area contributed by atoms with E-state index in [1.165, 1.54) is 18.2 Å². The summed E-state index contributed by atoms with van der Waals surface area (Å²) in [6, 6.07) is 28.0. The number of nitrogens with one attached hydrogen (secondary N) is 2. The molecule has 198 valence electrons. The molecule has 0 unspecified atom stereocenters. The summed E-state index contributed by atoms with van der Waals surface area (Å²) in [5.41, 5.74) is 2.59. The predicted octanol–water partition coefficient (Wildman–Crippen LogP) is 6.66. The van der Waals surface area contributed by atoms with Gasteiger partial charge in [0, 0.05) is 33.4 Å². The van der Waals surface area contributed by atoms with Gasteiger partial charge in [-0.15, -0.1) is 0 Å². The van der Waals surface area contributed by atoms with E-state index < -0.39 is 16.7 Å². The number of hydrogen-bond acceptors (Lipinski definition) is 5. The summed E-state index contributed by atoms with van der Waals surface area (Å²) in [6.07, 6.45) is 4.51. The van der Waals surface area contributed by atoms with Crippen molar-refractivity contribution in [3.05, 3.63) is 152 Å². The Morgan fingerprint density at radius 3 is 2.00 bits per heavy atom. The molecule has 4 aromatic carbocycles. The van der Waals surface area contributed by atoms with E-state index in [4.69, 9.17) is 0 Å². The van der Waals surface area contributed by atoms with Crippen LogP contribution in [-0.4, -0.2) is 22.5 Å². The molecule has 0 aromatic heterocycles. The Hall–Kier alpha value is -5.15. The summed E-state index contributed by atoms with van der Waals surface area (Å²) in [5, 5.41) is 16.2. The van der Waals surface area contributed by atoms with Crippen molar-refractivity contribution in [3.63, 3.8) is 0 Å². The summed E-state index contributed by atoms with van der Waals surface area (Å²) in [5.74, 6) is -1.24. The molecule has 0 heterocycles. The van der Waals surface area contributed by atoms with Gasteiger partial charge < -0.3 is 10.6 Å². The van der Waals surface area contributed by atoms with Crippen LogP contribution in [0.25, 0.3) is 12.2 Å². The minimum Gasteiger partial charge on any atom is -0.321 e. The summed E-state index contributed by atoms with van der Waals surface area (Å²) in [4.78, 5) is 48.8. The van der Waals surface area contributed by atoms with Crippen LogP contribution in [0.1, 0.15) is 31.8 Å². The third-order valence-electron chi connectivity index (χ3n) is 5.67. The minimum absolute atomic E-state index is 0.0319. The lowest BCUT2D eigenvalue weighted by atomic mass is 10.1. The molecule has 0 radical (unpaired) electrons. The molecule has 9 heteroatoms. The van der Waals surface area contributed by atoms with Gasteiger partial charge in [0.1, 0.15) is 5.70 Å². The maximum atomic E-state index is 13.2. The van der Waals surface area contributed by atoms with Crippen molar-refractivity contribution in [3.8, 4) is 0 Å². The Labute approximate surface area is 238 Å². The Morgan fingerprint density at radius 1 is 0.750 bits per heavy atom. The summed E-state index contributed by atoms with van der Waals surface area (Å²) >= 11 is 3.38. The summed E-state index contributed by atoms with van der Waals surface area (Å²) < 4.78 is 0.876. The number of rotatable bonds is 9. The number of carbonyl (C=O) groups excluding carboxylic acids is 3. The lowest BCUT2D eigenvalue weighted by Gasteiger charge is -2.12. The number of carbonyl (C=O) groups is 3. The SMILES string of the molecule is O=C(Nc1ccc(C(=O)/C=C/c2ccc([N+](=O)[O-])cc2)cc1)/C(=C/c1ccc(Br)cc1)NC(=O)c1ccccc1. The number of anilines is 1. The first-order valence-corrected chi connectivity index (χ1v) is 12.8. The quantitative estimate of drug-likeness (QED) is 0.0970. The average Bonchev–Trinajstić information content (AvgIpc) is 2.97. The molecule has 0 saturated carbocycles. The molecule has 0 fully saturated rings. The zero-order chi connectivity index (χ0) is 28.5. The number of nitrogens with zero attached hydrogens (tertiary/aromatic N) is 1. The zero-order valence-electron chi connectivity index (χ0n) is 20.9. The van der Waals surface area contributed by atoms with Crippen LogP contribution in [-0.2, 0) is 4.79 Å².